The summed E-state index contributed by atoms with van der Waals surface area (Å²) in [6.07, 6.45) is 8.43. The monoisotopic (exact) mass is 408 g/mol. The van der Waals surface area contributed by atoms with E-state index in [1.807, 2.05) is 47.5 Å². The molecule has 1 N–H and O–H groups in total. The third-order valence-electron chi connectivity index (χ3n) is 4.86. The molecule has 3 aromatic heterocycles. The lowest BCUT2D eigenvalue weighted by atomic mass is 9.92. The molecular formula is C22H25ClN6. The first-order valence-corrected chi connectivity index (χ1v) is 10.1. The molecule has 7 heteroatoms. The molecule has 4 aromatic rings. The molecule has 0 unspecified atom stereocenters. The number of halogens is 1. The molecule has 0 saturated carbocycles. The van der Waals surface area contributed by atoms with E-state index < -0.39 is 0 Å². The van der Waals surface area contributed by atoms with Crippen LogP contribution in [0.4, 0.5) is 5.82 Å². The van der Waals surface area contributed by atoms with Crippen LogP contribution in [0.1, 0.15) is 32.9 Å². The molecule has 1 aromatic carbocycles. The zero-order valence-electron chi connectivity index (χ0n) is 16.9. The first kappa shape index (κ1) is 19.5. The van der Waals surface area contributed by atoms with Crippen LogP contribution in [0.5, 0.6) is 0 Å². The van der Waals surface area contributed by atoms with E-state index in [2.05, 4.69) is 46.8 Å². The summed E-state index contributed by atoms with van der Waals surface area (Å²) in [6, 6.07) is 9.90. The first-order chi connectivity index (χ1) is 13.9. The van der Waals surface area contributed by atoms with Crippen molar-refractivity contribution in [3.8, 4) is 11.1 Å². The van der Waals surface area contributed by atoms with Crippen LogP contribution in [0.25, 0.3) is 16.8 Å². The molecule has 0 saturated heterocycles. The Bertz CT molecular complexity index is 1110. The number of hydrogen-bond acceptors (Lipinski definition) is 4. The van der Waals surface area contributed by atoms with E-state index in [0.29, 0.717) is 5.02 Å². The molecule has 0 fully saturated rings. The summed E-state index contributed by atoms with van der Waals surface area (Å²) in [5, 5.41) is 8.84. The normalized spacial score (nSPS) is 11.9. The van der Waals surface area contributed by atoms with Crippen molar-refractivity contribution in [2.45, 2.75) is 39.2 Å². The van der Waals surface area contributed by atoms with Crippen molar-refractivity contribution in [3.63, 3.8) is 0 Å². The van der Waals surface area contributed by atoms with Crippen LogP contribution in [0, 0.1) is 0 Å². The number of nitrogens with zero attached hydrogens (tertiary/aromatic N) is 5. The maximum absolute atomic E-state index is 6.45. The second-order valence-electron chi connectivity index (χ2n) is 8.13. The SMILES string of the molecule is CC(C)(C)c1cc(NCCCn2ccnc2)n2ncc(-c3ccccc3Cl)c2n1. The van der Waals surface area contributed by atoms with E-state index in [9.17, 15) is 0 Å². The molecule has 4 rings (SSSR count). The van der Waals surface area contributed by atoms with Gasteiger partial charge < -0.3 is 9.88 Å². The fourth-order valence-electron chi connectivity index (χ4n) is 3.24. The fraction of sp³-hybridized carbons (Fsp3) is 0.318. The Morgan fingerprint density at radius 3 is 2.69 bits per heavy atom. The summed E-state index contributed by atoms with van der Waals surface area (Å²) in [5.41, 5.74) is 3.60. The Balaban J connectivity index is 1.68. The van der Waals surface area contributed by atoms with Gasteiger partial charge in [-0.2, -0.15) is 9.61 Å². The molecule has 0 atom stereocenters. The standard InChI is InChI=1S/C22H25ClN6/c1-22(2,3)19-13-20(25-9-6-11-28-12-10-24-15-28)29-21(27-19)17(14-26-29)16-7-4-5-8-18(16)23/h4-5,7-8,10,12-15,25H,6,9,11H2,1-3H3. The van der Waals surface area contributed by atoms with Gasteiger partial charge in [0.25, 0.3) is 0 Å². The maximum Gasteiger partial charge on any atom is 0.165 e. The summed E-state index contributed by atoms with van der Waals surface area (Å²) in [4.78, 5) is 9.03. The van der Waals surface area contributed by atoms with Crippen LogP contribution in [0.3, 0.4) is 0 Å². The Morgan fingerprint density at radius 1 is 1.14 bits per heavy atom. The van der Waals surface area contributed by atoms with E-state index in [0.717, 1.165) is 47.8 Å². The number of imidazole rings is 1. The predicted octanol–water partition coefficient (Wildman–Crippen LogP) is 5.05. The Morgan fingerprint density at radius 2 is 1.97 bits per heavy atom. The Labute approximate surface area is 175 Å². The van der Waals surface area contributed by atoms with Gasteiger partial charge in [-0.15, -0.1) is 0 Å². The molecule has 3 heterocycles. The van der Waals surface area contributed by atoms with Gasteiger partial charge in [-0.05, 0) is 12.5 Å². The first-order valence-electron chi connectivity index (χ1n) is 9.77. The molecule has 0 aliphatic carbocycles. The van der Waals surface area contributed by atoms with Crippen molar-refractivity contribution < 1.29 is 0 Å². The number of anilines is 1. The summed E-state index contributed by atoms with van der Waals surface area (Å²) >= 11 is 6.45. The number of aromatic nitrogens is 5. The molecule has 0 aliphatic heterocycles. The lowest BCUT2D eigenvalue weighted by Crippen LogP contribution is -2.17. The second kappa shape index (κ2) is 7.87. The van der Waals surface area contributed by atoms with Crippen molar-refractivity contribution in [1.82, 2.24) is 24.1 Å². The van der Waals surface area contributed by atoms with E-state index in [4.69, 9.17) is 16.6 Å². The van der Waals surface area contributed by atoms with E-state index >= 15 is 0 Å². The number of benzene rings is 1. The highest BCUT2D eigenvalue weighted by Crippen LogP contribution is 2.33. The van der Waals surface area contributed by atoms with Crippen LogP contribution < -0.4 is 5.32 Å². The Kier molecular flexibility index (Phi) is 5.28. The van der Waals surface area contributed by atoms with E-state index in [1.165, 1.54) is 0 Å². The van der Waals surface area contributed by atoms with Gasteiger partial charge in [-0.3, -0.25) is 0 Å². The van der Waals surface area contributed by atoms with Gasteiger partial charge in [-0.1, -0.05) is 50.6 Å². The van der Waals surface area contributed by atoms with Gasteiger partial charge in [0.05, 0.1) is 18.2 Å². The smallest absolute Gasteiger partial charge is 0.165 e. The fourth-order valence-corrected chi connectivity index (χ4v) is 3.48. The van der Waals surface area contributed by atoms with Crippen molar-refractivity contribution >= 4 is 23.1 Å². The zero-order chi connectivity index (χ0) is 20.4. The third-order valence-corrected chi connectivity index (χ3v) is 5.19. The summed E-state index contributed by atoms with van der Waals surface area (Å²) in [7, 11) is 0. The average molecular weight is 409 g/mol. The minimum Gasteiger partial charge on any atom is -0.370 e. The van der Waals surface area contributed by atoms with Crippen molar-refractivity contribution in [2.24, 2.45) is 0 Å². The molecular weight excluding hydrogens is 384 g/mol. The largest absolute Gasteiger partial charge is 0.370 e. The van der Waals surface area contributed by atoms with Crippen LogP contribution in [-0.2, 0) is 12.0 Å². The second-order valence-corrected chi connectivity index (χ2v) is 8.54. The number of fused-ring (bicyclic) bond motifs is 1. The van der Waals surface area contributed by atoms with Gasteiger partial charge >= 0.3 is 0 Å². The van der Waals surface area contributed by atoms with Crippen molar-refractivity contribution in [3.05, 3.63) is 66.0 Å². The van der Waals surface area contributed by atoms with Crippen molar-refractivity contribution in [1.29, 1.82) is 0 Å². The lowest BCUT2D eigenvalue weighted by molar-refractivity contribution is 0.568. The highest BCUT2D eigenvalue weighted by molar-refractivity contribution is 6.33. The quantitative estimate of drug-likeness (QED) is 0.454. The van der Waals surface area contributed by atoms with Crippen LogP contribution in [-0.4, -0.2) is 30.7 Å². The average Bonchev–Trinajstić information content (AvgIpc) is 3.34. The molecule has 0 bridgehead atoms. The van der Waals surface area contributed by atoms with Gasteiger partial charge in [0, 0.05) is 53.1 Å². The van der Waals surface area contributed by atoms with Gasteiger partial charge in [-0.25, -0.2) is 9.97 Å². The molecule has 29 heavy (non-hydrogen) atoms. The molecule has 0 amide bonds. The maximum atomic E-state index is 6.45. The van der Waals surface area contributed by atoms with E-state index in [1.54, 1.807) is 6.20 Å². The summed E-state index contributed by atoms with van der Waals surface area (Å²) < 4.78 is 3.94. The summed E-state index contributed by atoms with van der Waals surface area (Å²) in [5.74, 6) is 0.934. The van der Waals surface area contributed by atoms with Gasteiger partial charge in [0.2, 0.25) is 0 Å². The predicted molar refractivity (Wildman–Crippen MR) is 117 cm³/mol. The van der Waals surface area contributed by atoms with Gasteiger partial charge in [0.1, 0.15) is 5.82 Å². The van der Waals surface area contributed by atoms with Crippen LogP contribution in [0.15, 0.2) is 55.2 Å². The van der Waals surface area contributed by atoms with Crippen molar-refractivity contribution in [2.75, 3.05) is 11.9 Å². The topological polar surface area (TPSA) is 60.0 Å². The Hall–Kier alpha value is -2.86. The highest BCUT2D eigenvalue weighted by Gasteiger charge is 2.21. The minimum absolute atomic E-state index is 0.0863. The molecule has 0 spiro atoms. The zero-order valence-corrected chi connectivity index (χ0v) is 17.7. The van der Waals surface area contributed by atoms with Crippen LogP contribution in [0.2, 0.25) is 5.02 Å². The van der Waals surface area contributed by atoms with E-state index in [-0.39, 0.29) is 5.41 Å². The molecule has 0 radical (unpaired) electrons. The number of hydrogen-bond donors (Lipinski definition) is 1. The highest BCUT2D eigenvalue weighted by atomic mass is 35.5. The summed E-state index contributed by atoms with van der Waals surface area (Å²) in [6.45, 7) is 8.24. The number of nitrogens with one attached hydrogen (secondary N) is 1. The third kappa shape index (κ3) is 4.12. The van der Waals surface area contributed by atoms with Crippen LogP contribution >= 0.6 is 11.6 Å². The van der Waals surface area contributed by atoms with Gasteiger partial charge in [0.15, 0.2) is 5.65 Å². The number of aryl methyl sites for hydroxylation is 1. The minimum atomic E-state index is -0.0863. The molecule has 0 aliphatic rings. The lowest BCUT2D eigenvalue weighted by Gasteiger charge is -2.20. The molecule has 6 nitrogen and oxygen atoms in total. The molecule has 150 valence electrons. The number of rotatable bonds is 6.